The molecule has 0 saturated carbocycles. The van der Waals surface area contributed by atoms with Gasteiger partial charge >= 0.3 is 12.1 Å². The van der Waals surface area contributed by atoms with Gasteiger partial charge in [-0.25, -0.2) is 4.68 Å². The summed E-state index contributed by atoms with van der Waals surface area (Å²) in [5.41, 5.74) is -1.43. The smallest absolute Gasteiger partial charge is 0.435 e. The number of nitrogens with zero attached hydrogens (tertiary/aromatic N) is 2. The van der Waals surface area contributed by atoms with Gasteiger partial charge in [0.15, 0.2) is 5.69 Å². The summed E-state index contributed by atoms with van der Waals surface area (Å²) in [4.78, 5) is 10.3. The number of alkyl halides is 3. The van der Waals surface area contributed by atoms with Crippen LogP contribution in [0.3, 0.4) is 0 Å². The first kappa shape index (κ1) is 11.8. The molecule has 0 fully saturated rings. The number of carboxylic acid groups (broad SMARTS) is 1. The molecule has 1 aromatic rings. The molecule has 1 N–H and O–H groups in total. The van der Waals surface area contributed by atoms with Gasteiger partial charge in [0.1, 0.15) is 11.7 Å². The fourth-order valence-corrected chi connectivity index (χ4v) is 1.22. The van der Waals surface area contributed by atoms with Crippen molar-refractivity contribution < 1.29 is 23.1 Å². The Bertz CT molecular complexity index is 400. The van der Waals surface area contributed by atoms with Crippen molar-refractivity contribution in [3.8, 4) is 0 Å². The Morgan fingerprint density at radius 1 is 1.60 bits per heavy atom. The SMILES string of the molecule is Cc1c(C(F)(F)F)nn(CC(=O)O)c1Cl. The van der Waals surface area contributed by atoms with Crippen LogP contribution in [0.15, 0.2) is 0 Å². The van der Waals surface area contributed by atoms with Gasteiger partial charge in [-0.15, -0.1) is 0 Å². The summed E-state index contributed by atoms with van der Waals surface area (Å²) in [7, 11) is 0. The van der Waals surface area contributed by atoms with Gasteiger partial charge in [-0.05, 0) is 6.92 Å². The minimum Gasteiger partial charge on any atom is -0.480 e. The normalized spacial score (nSPS) is 11.8. The highest BCUT2D eigenvalue weighted by atomic mass is 35.5. The van der Waals surface area contributed by atoms with Gasteiger partial charge in [-0.1, -0.05) is 11.6 Å². The molecule has 0 aromatic carbocycles. The average molecular weight is 243 g/mol. The van der Waals surface area contributed by atoms with Crippen molar-refractivity contribution in [2.45, 2.75) is 19.6 Å². The highest BCUT2D eigenvalue weighted by molar-refractivity contribution is 6.30. The molecule has 0 bridgehead atoms. The molecular formula is C7H6ClF3N2O2. The largest absolute Gasteiger partial charge is 0.480 e. The van der Waals surface area contributed by atoms with E-state index in [1.54, 1.807) is 0 Å². The first-order chi connectivity index (χ1) is 6.73. The second-order valence-electron chi connectivity index (χ2n) is 2.81. The fraction of sp³-hybridized carbons (Fsp3) is 0.429. The molecule has 84 valence electrons. The first-order valence-electron chi connectivity index (χ1n) is 3.75. The summed E-state index contributed by atoms with van der Waals surface area (Å²) in [6.07, 6.45) is -4.63. The van der Waals surface area contributed by atoms with Crippen LogP contribution in [-0.2, 0) is 17.5 Å². The first-order valence-corrected chi connectivity index (χ1v) is 4.13. The lowest BCUT2D eigenvalue weighted by molar-refractivity contribution is -0.143. The van der Waals surface area contributed by atoms with E-state index >= 15 is 0 Å². The third-order valence-corrected chi connectivity index (χ3v) is 2.14. The van der Waals surface area contributed by atoms with Gasteiger partial charge in [0.2, 0.25) is 0 Å². The van der Waals surface area contributed by atoms with Gasteiger partial charge < -0.3 is 5.11 Å². The molecule has 0 aliphatic rings. The van der Waals surface area contributed by atoms with Crippen molar-refractivity contribution >= 4 is 17.6 Å². The molecule has 0 saturated heterocycles. The molecule has 8 heteroatoms. The second kappa shape index (κ2) is 3.73. The zero-order valence-electron chi connectivity index (χ0n) is 7.47. The van der Waals surface area contributed by atoms with Crippen molar-refractivity contribution in [2.24, 2.45) is 0 Å². The van der Waals surface area contributed by atoms with Gasteiger partial charge in [-0.3, -0.25) is 4.79 Å². The molecule has 15 heavy (non-hydrogen) atoms. The minimum atomic E-state index is -4.63. The lowest BCUT2D eigenvalue weighted by Crippen LogP contribution is -2.12. The standard InChI is InChI=1S/C7H6ClF3N2O2/c1-3-5(7(9,10)11)12-13(6(3)8)2-4(14)15/h2H2,1H3,(H,14,15). The second-order valence-corrected chi connectivity index (χ2v) is 3.17. The highest BCUT2D eigenvalue weighted by Gasteiger charge is 2.37. The Morgan fingerprint density at radius 3 is 2.47 bits per heavy atom. The van der Waals surface area contributed by atoms with Gasteiger partial charge in [-0.2, -0.15) is 18.3 Å². The average Bonchev–Trinajstić information content (AvgIpc) is 2.30. The van der Waals surface area contributed by atoms with Crippen LogP contribution < -0.4 is 0 Å². The van der Waals surface area contributed by atoms with E-state index in [4.69, 9.17) is 16.7 Å². The summed E-state index contributed by atoms with van der Waals surface area (Å²) in [5, 5.41) is 11.2. The van der Waals surface area contributed by atoms with Crippen molar-refractivity contribution in [2.75, 3.05) is 0 Å². The van der Waals surface area contributed by atoms with Crippen LogP contribution in [0.25, 0.3) is 0 Å². The van der Waals surface area contributed by atoms with Crippen LogP contribution >= 0.6 is 11.6 Å². The van der Waals surface area contributed by atoms with Crippen LogP contribution in [0.2, 0.25) is 5.15 Å². The van der Waals surface area contributed by atoms with E-state index < -0.39 is 24.4 Å². The van der Waals surface area contributed by atoms with E-state index in [9.17, 15) is 18.0 Å². The Hall–Kier alpha value is -1.24. The van der Waals surface area contributed by atoms with Crippen molar-refractivity contribution in [1.82, 2.24) is 9.78 Å². The Balaban J connectivity index is 3.18. The fourth-order valence-electron chi connectivity index (χ4n) is 1.03. The summed E-state index contributed by atoms with van der Waals surface area (Å²) >= 11 is 5.50. The van der Waals surface area contributed by atoms with Crippen LogP contribution in [0.5, 0.6) is 0 Å². The third kappa shape index (κ3) is 2.41. The van der Waals surface area contributed by atoms with Crippen molar-refractivity contribution in [3.05, 3.63) is 16.4 Å². The Kier molecular flexibility index (Phi) is 2.94. The summed E-state index contributed by atoms with van der Waals surface area (Å²) in [6, 6.07) is 0. The predicted octanol–water partition coefficient (Wildman–Crippen LogP) is 1.95. The van der Waals surface area contributed by atoms with Crippen LogP contribution in [0.1, 0.15) is 11.3 Å². The Morgan fingerprint density at radius 2 is 2.13 bits per heavy atom. The van der Waals surface area contributed by atoms with Crippen LogP contribution in [0.4, 0.5) is 13.2 Å². The number of hydrogen-bond acceptors (Lipinski definition) is 2. The lowest BCUT2D eigenvalue weighted by atomic mass is 10.3. The zero-order chi connectivity index (χ0) is 11.8. The van der Waals surface area contributed by atoms with E-state index in [1.807, 2.05) is 0 Å². The molecule has 0 radical (unpaired) electrons. The van der Waals surface area contributed by atoms with Gasteiger partial charge in [0.05, 0.1) is 0 Å². The Labute approximate surface area is 87.3 Å². The van der Waals surface area contributed by atoms with E-state index in [1.165, 1.54) is 0 Å². The predicted molar refractivity (Wildman–Crippen MR) is 44.6 cm³/mol. The number of aliphatic carboxylic acids is 1. The van der Waals surface area contributed by atoms with E-state index in [2.05, 4.69) is 5.10 Å². The number of carboxylic acids is 1. The maximum Gasteiger partial charge on any atom is 0.435 e. The van der Waals surface area contributed by atoms with E-state index in [0.717, 1.165) is 6.92 Å². The third-order valence-electron chi connectivity index (χ3n) is 1.67. The molecule has 0 amide bonds. The molecule has 0 aliphatic carbocycles. The molecule has 4 nitrogen and oxygen atoms in total. The van der Waals surface area contributed by atoms with Crippen molar-refractivity contribution in [3.63, 3.8) is 0 Å². The number of halogens is 4. The van der Waals surface area contributed by atoms with Gasteiger partial charge in [0.25, 0.3) is 0 Å². The molecule has 0 spiro atoms. The molecule has 1 aromatic heterocycles. The number of carbonyl (C=O) groups is 1. The van der Waals surface area contributed by atoms with Crippen LogP contribution in [0, 0.1) is 6.92 Å². The molecule has 0 unspecified atom stereocenters. The number of hydrogen-bond donors (Lipinski definition) is 1. The molecule has 1 heterocycles. The zero-order valence-corrected chi connectivity index (χ0v) is 8.22. The summed E-state index contributed by atoms with van der Waals surface area (Å²) in [6.45, 7) is 0.437. The molecule has 0 aliphatic heterocycles. The summed E-state index contributed by atoms with van der Waals surface area (Å²) < 4.78 is 37.5. The summed E-state index contributed by atoms with van der Waals surface area (Å²) in [5.74, 6) is -1.31. The lowest BCUT2D eigenvalue weighted by Gasteiger charge is -2.01. The maximum absolute atomic E-state index is 12.3. The quantitative estimate of drug-likeness (QED) is 0.862. The topological polar surface area (TPSA) is 55.1 Å². The molecule has 0 atom stereocenters. The van der Waals surface area contributed by atoms with Gasteiger partial charge in [0, 0.05) is 5.56 Å². The van der Waals surface area contributed by atoms with Crippen LogP contribution in [-0.4, -0.2) is 20.9 Å². The highest BCUT2D eigenvalue weighted by Crippen LogP contribution is 2.33. The number of aromatic nitrogens is 2. The molecular weight excluding hydrogens is 237 g/mol. The molecule has 1 rings (SSSR count). The monoisotopic (exact) mass is 242 g/mol. The van der Waals surface area contributed by atoms with Crippen molar-refractivity contribution in [1.29, 1.82) is 0 Å². The van der Waals surface area contributed by atoms with E-state index in [0.29, 0.717) is 4.68 Å². The van der Waals surface area contributed by atoms with E-state index in [-0.39, 0.29) is 10.7 Å². The maximum atomic E-state index is 12.3. The number of rotatable bonds is 2. The minimum absolute atomic E-state index is 0.273.